The number of rotatable bonds is 4. The summed E-state index contributed by atoms with van der Waals surface area (Å²) < 4.78 is 2.29. The van der Waals surface area contributed by atoms with E-state index in [-0.39, 0.29) is 0 Å². The summed E-state index contributed by atoms with van der Waals surface area (Å²) in [5.41, 5.74) is 14.2. The molecule has 0 aliphatic carbocycles. The van der Waals surface area contributed by atoms with Gasteiger partial charge in [-0.3, -0.25) is 0 Å². The third-order valence-corrected chi connectivity index (χ3v) is 9.31. The molecule has 0 fully saturated rings. The highest BCUT2D eigenvalue weighted by Gasteiger charge is 2.19. The zero-order valence-electron chi connectivity index (χ0n) is 26.6. The molecule has 0 saturated carbocycles. The maximum Gasteiger partial charge on any atom is 0.0992 e. The Morgan fingerprint density at radius 3 is 1.40 bits per heavy atom. The van der Waals surface area contributed by atoms with Crippen LogP contribution in [0, 0.1) is 66.1 Å². The van der Waals surface area contributed by atoms with E-state index in [9.17, 15) is 21.0 Å². The molecule has 5 nitrogen and oxygen atoms in total. The van der Waals surface area contributed by atoms with E-state index < -0.39 is 0 Å². The first-order valence-corrected chi connectivity index (χ1v) is 15.5. The van der Waals surface area contributed by atoms with Crippen molar-refractivity contribution in [3.05, 3.63) is 148 Å². The van der Waals surface area contributed by atoms with Crippen molar-refractivity contribution in [2.45, 2.75) is 20.8 Å². The Balaban J connectivity index is 1.55. The van der Waals surface area contributed by atoms with Gasteiger partial charge in [0.1, 0.15) is 0 Å². The Morgan fingerprint density at radius 2 is 0.917 bits per heavy atom. The van der Waals surface area contributed by atoms with Crippen molar-refractivity contribution in [1.82, 2.24) is 4.57 Å². The van der Waals surface area contributed by atoms with Gasteiger partial charge in [0.15, 0.2) is 0 Å². The van der Waals surface area contributed by atoms with Gasteiger partial charge in [0.2, 0.25) is 0 Å². The molecular formula is C43H27N5. The molecule has 0 radical (unpaired) electrons. The van der Waals surface area contributed by atoms with Crippen LogP contribution < -0.4 is 0 Å². The monoisotopic (exact) mass is 613 g/mol. The lowest BCUT2D eigenvalue weighted by Gasteiger charge is -2.17. The molecule has 48 heavy (non-hydrogen) atoms. The summed E-state index contributed by atoms with van der Waals surface area (Å²) in [6.07, 6.45) is 0. The fraction of sp³-hybridized carbons (Fsp3) is 0.0698. The summed E-state index contributed by atoms with van der Waals surface area (Å²) in [6, 6.07) is 44.5. The third kappa shape index (κ3) is 4.94. The number of aromatic nitrogens is 1. The van der Waals surface area contributed by atoms with Crippen LogP contribution in [0.25, 0.3) is 60.9 Å². The molecule has 0 aliphatic rings. The highest BCUT2D eigenvalue weighted by molar-refractivity contribution is 6.12. The van der Waals surface area contributed by atoms with Crippen molar-refractivity contribution in [3.63, 3.8) is 0 Å². The van der Waals surface area contributed by atoms with Crippen LogP contribution in [0.5, 0.6) is 0 Å². The summed E-state index contributed by atoms with van der Waals surface area (Å²) in [7, 11) is 0. The van der Waals surface area contributed by atoms with Gasteiger partial charge in [0.25, 0.3) is 0 Å². The summed E-state index contributed by atoms with van der Waals surface area (Å²) in [5.74, 6) is 0. The Kier molecular flexibility index (Phi) is 7.31. The number of nitriles is 4. The summed E-state index contributed by atoms with van der Waals surface area (Å²) in [6.45, 7) is 6.48. The standard InChI is InChI=1S/C43H27N5/c1-26-8-11-37(28(3)27(26)2)38-6-4-5-7-41(38)48-42-12-9-33(35-16-29(22-44)14-30(17-35)23-45)20-39(42)40-21-34(10-13-43(40)48)36-18-31(24-46)15-32(19-36)25-47/h4-21H,1-3H3. The van der Waals surface area contributed by atoms with Gasteiger partial charge in [-0.25, -0.2) is 0 Å². The molecule has 0 saturated heterocycles. The highest BCUT2D eigenvalue weighted by atomic mass is 15.0. The number of para-hydroxylation sites is 1. The summed E-state index contributed by atoms with van der Waals surface area (Å²) >= 11 is 0. The average Bonchev–Trinajstić information content (AvgIpc) is 3.46. The molecule has 6 aromatic carbocycles. The molecule has 1 heterocycles. The van der Waals surface area contributed by atoms with Crippen molar-refractivity contribution < 1.29 is 0 Å². The lowest BCUT2D eigenvalue weighted by Crippen LogP contribution is -1.99. The van der Waals surface area contributed by atoms with E-state index in [4.69, 9.17) is 0 Å². The van der Waals surface area contributed by atoms with E-state index >= 15 is 0 Å². The minimum absolute atomic E-state index is 0.428. The number of hydrogen-bond donors (Lipinski definition) is 0. The van der Waals surface area contributed by atoms with Crippen LogP contribution in [0.15, 0.2) is 109 Å². The maximum atomic E-state index is 9.65. The summed E-state index contributed by atoms with van der Waals surface area (Å²) in [5, 5.41) is 40.6. The molecular weight excluding hydrogens is 587 g/mol. The molecule has 0 bridgehead atoms. The van der Waals surface area contributed by atoms with E-state index in [2.05, 4.69) is 110 Å². The van der Waals surface area contributed by atoms with Crippen molar-refractivity contribution in [1.29, 1.82) is 21.0 Å². The van der Waals surface area contributed by atoms with Crippen molar-refractivity contribution in [3.8, 4) is 63.3 Å². The minimum atomic E-state index is 0.428. The number of benzene rings is 6. The molecule has 5 heteroatoms. The van der Waals surface area contributed by atoms with Crippen LogP contribution in [0.2, 0.25) is 0 Å². The highest BCUT2D eigenvalue weighted by Crippen LogP contribution is 2.41. The second-order valence-corrected chi connectivity index (χ2v) is 12.0. The Morgan fingerprint density at radius 1 is 0.438 bits per heavy atom. The predicted octanol–water partition coefficient (Wildman–Crippen LogP) is 10.2. The van der Waals surface area contributed by atoms with Crippen molar-refractivity contribution in [2.24, 2.45) is 0 Å². The lowest BCUT2D eigenvalue weighted by atomic mass is 9.93. The first-order valence-electron chi connectivity index (χ1n) is 15.5. The first kappa shape index (κ1) is 29.8. The zero-order chi connectivity index (χ0) is 33.5. The van der Waals surface area contributed by atoms with E-state index in [1.807, 2.05) is 12.1 Å². The Labute approximate surface area is 279 Å². The van der Waals surface area contributed by atoms with E-state index in [1.165, 1.54) is 22.3 Å². The smallest absolute Gasteiger partial charge is 0.0992 e. The molecule has 224 valence electrons. The van der Waals surface area contributed by atoms with Gasteiger partial charge in [-0.1, -0.05) is 42.5 Å². The molecule has 1 aromatic heterocycles. The molecule has 0 atom stereocenters. The van der Waals surface area contributed by atoms with Gasteiger partial charge < -0.3 is 4.57 Å². The van der Waals surface area contributed by atoms with Gasteiger partial charge in [0, 0.05) is 16.3 Å². The van der Waals surface area contributed by atoms with Gasteiger partial charge in [-0.05, 0) is 132 Å². The van der Waals surface area contributed by atoms with Crippen molar-refractivity contribution >= 4 is 21.8 Å². The van der Waals surface area contributed by atoms with Gasteiger partial charge in [-0.15, -0.1) is 0 Å². The molecule has 0 unspecified atom stereocenters. The summed E-state index contributed by atoms with van der Waals surface area (Å²) in [4.78, 5) is 0. The fourth-order valence-electron chi connectivity index (χ4n) is 6.63. The largest absolute Gasteiger partial charge is 0.309 e. The third-order valence-electron chi connectivity index (χ3n) is 9.31. The number of aryl methyl sites for hydroxylation is 1. The average molecular weight is 614 g/mol. The van der Waals surface area contributed by atoms with Gasteiger partial charge in [0.05, 0.1) is 63.3 Å². The van der Waals surface area contributed by atoms with E-state index in [0.717, 1.165) is 55.3 Å². The minimum Gasteiger partial charge on any atom is -0.309 e. The second-order valence-electron chi connectivity index (χ2n) is 12.0. The SMILES string of the molecule is Cc1ccc(-c2ccccc2-n2c3ccc(-c4cc(C#N)cc(C#N)c4)cc3c3cc(-c4cc(C#N)cc(C#N)c4)ccc32)c(C)c1C. The van der Waals surface area contributed by atoms with E-state index in [1.54, 1.807) is 36.4 Å². The number of hydrogen-bond acceptors (Lipinski definition) is 4. The van der Waals surface area contributed by atoms with Crippen LogP contribution in [0.1, 0.15) is 38.9 Å². The molecule has 0 aliphatic heterocycles. The predicted molar refractivity (Wildman–Crippen MR) is 190 cm³/mol. The van der Waals surface area contributed by atoms with Gasteiger partial charge >= 0.3 is 0 Å². The zero-order valence-corrected chi connectivity index (χ0v) is 26.6. The molecule has 7 rings (SSSR count). The molecule has 0 N–H and O–H groups in total. The number of nitrogens with zero attached hydrogens (tertiary/aromatic N) is 5. The second kappa shape index (κ2) is 11.8. The fourth-order valence-corrected chi connectivity index (χ4v) is 6.63. The molecule has 0 spiro atoms. The van der Waals surface area contributed by atoms with Crippen LogP contribution in [-0.4, -0.2) is 4.57 Å². The maximum absolute atomic E-state index is 9.65. The molecule has 7 aromatic rings. The Bertz CT molecular complexity index is 2450. The van der Waals surface area contributed by atoms with E-state index in [0.29, 0.717) is 22.3 Å². The number of fused-ring (bicyclic) bond motifs is 3. The Hall–Kier alpha value is -6.92. The van der Waals surface area contributed by atoms with Crippen LogP contribution in [-0.2, 0) is 0 Å². The molecule has 0 amide bonds. The normalized spacial score (nSPS) is 10.7. The first-order chi connectivity index (χ1) is 23.3. The van der Waals surface area contributed by atoms with Crippen molar-refractivity contribution in [2.75, 3.05) is 0 Å². The van der Waals surface area contributed by atoms with Crippen LogP contribution >= 0.6 is 0 Å². The topological polar surface area (TPSA) is 100 Å². The van der Waals surface area contributed by atoms with Crippen LogP contribution in [0.3, 0.4) is 0 Å². The van der Waals surface area contributed by atoms with Crippen LogP contribution in [0.4, 0.5) is 0 Å². The lowest BCUT2D eigenvalue weighted by molar-refractivity contribution is 1.18. The van der Waals surface area contributed by atoms with Gasteiger partial charge in [-0.2, -0.15) is 21.0 Å². The quantitative estimate of drug-likeness (QED) is 0.197.